The molecule has 1 saturated heterocycles. The molecule has 0 amide bonds. The summed E-state index contributed by atoms with van der Waals surface area (Å²) in [5, 5.41) is 4.10. The summed E-state index contributed by atoms with van der Waals surface area (Å²) in [4.78, 5) is 4.88. The van der Waals surface area contributed by atoms with Crippen LogP contribution >= 0.6 is 0 Å². The summed E-state index contributed by atoms with van der Waals surface area (Å²) in [6.45, 7) is 8.21. The van der Waals surface area contributed by atoms with Gasteiger partial charge in [0.2, 0.25) is 21.7 Å². The van der Waals surface area contributed by atoms with Crippen LogP contribution in [0.3, 0.4) is 0 Å². The molecule has 0 N–H and O–H groups in total. The summed E-state index contributed by atoms with van der Waals surface area (Å²) in [6.07, 6.45) is 1.43. The van der Waals surface area contributed by atoms with Crippen LogP contribution in [0.2, 0.25) is 0 Å². The molecule has 3 aromatic rings. The van der Waals surface area contributed by atoms with Crippen molar-refractivity contribution in [1.82, 2.24) is 14.4 Å². The van der Waals surface area contributed by atoms with Crippen molar-refractivity contribution in [1.29, 1.82) is 0 Å². The van der Waals surface area contributed by atoms with Crippen LogP contribution in [0.5, 0.6) is 0 Å². The average molecular weight is 412 g/mol. The molecular formula is C22H25N3O3S. The second-order valence-electron chi connectivity index (χ2n) is 7.80. The standard InChI is InChI=1S/C22H25N3O3S/c1-14-7-5-8-18(11-14)21-23-22(28-24-21)19-9-6-10-25(19)29(26,27)20-13-16(3)15(2)12-17(20)4/h5,7-8,11-13,19H,6,9-10H2,1-4H3. The molecule has 1 aromatic heterocycles. The molecule has 7 heteroatoms. The minimum absolute atomic E-state index is 0.351. The minimum Gasteiger partial charge on any atom is -0.337 e. The fourth-order valence-electron chi connectivity index (χ4n) is 3.88. The predicted molar refractivity (Wildman–Crippen MR) is 111 cm³/mol. The maximum atomic E-state index is 13.5. The number of rotatable bonds is 4. The normalized spacial score (nSPS) is 17.7. The van der Waals surface area contributed by atoms with E-state index in [0.717, 1.165) is 34.2 Å². The van der Waals surface area contributed by atoms with Gasteiger partial charge in [-0.2, -0.15) is 9.29 Å². The Hall–Kier alpha value is -2.51. The van der Waals surface area contributed by atoms with Crippen molar-refractivity contribution in [3.63, 3.8) is 0 Å². The van der Waals surface area contributed by atoms with Crippen LogP contribution in [0.15, 0.2) is 45.8 Å². The zero-order valence-corrected chi connectivity index (χ0v) is 18.0. The number of hydrogen-bond donors (Lipinski definition) is 0. The number of hydrogen-bond acceptors (Lipinski definition) is 5. The molecular weight excluding hydrogens is 386 g/mol. The first-order valence-electron chi connectivity index (χ1n) is 9.77. The lowest BCUT2D eigenvalue weighted by Crippen LogP contribution is -2.31. The number of benzene rings is 2. The minimum atomic E-state index is -3.66. The van der Waals surface area contributed by atoms with Crippen molar-refractivity contribution in [2.45, 2.75) is 51.5 Å². The summed E-state index contributed by atoms with van der Waals surface area (Å²) in [5.74, 6) is 0.833. The molecule has 0 saturated carbocycles. The molecule has 29 heavy (non-hydrogen) atoms. The van der Waals surface area contributed by atoms with Gasteiger partial charge in [-0.3, -0.25) is 0 Å². The molecule has 2 heterocycles. The van der Waals surface area contributed by atoms with E-state index in [0.29, 0.717) is 29.6 Å². The van der Waals surface area contributed by atoms with Crippen molar-refractivity contribution in [3.05, 3.63) is 64.5 Å². The lowest BCUT2D eigenvalue weighted by atomic mass is 10.1. The molecule has 152 valence electrons. The Morgan fingerprint density at radius 1 is 1.03 bits per heavy atom. The Morgan fingerprint density at radius 2 is 1.79 bits per heavy atom. The van der Waals surface area contributed by atoms with Gasteiger partial charge in [0.05, 0.1) is 4.90 Å². The first-order chi connectivity index (χ1) is 13.8. The van der Waals surface area contributed by atoms with Gasteiger partial charge in [-0.15, -0.1) is 0 Å². The molecule has 1 unspecified atom stereocenters. The highest BCUT2D eigenvalue weighted by molar-refractivity contribution is 7.89. The Kier molecular flexibility index (Phi) is 5.04. The first kappa shape index (κ1) is 19.8. The third-order valence-corrected chi connectivity index (χ3v) is 7.63. The Bertz CT molecular complexity index is 1170. The van der Waals surface area contributed by atoms with Gasteiger partial charge < -0.3 is 4.52 Å². The molecule has 0 bridgehead atoms. The van der Waals surface area contributed by atoms with Crippen LogP contribution in [-0.4, -0.2) is 29.4 Å². The highest BCUT2D eigenvalue weighted by atomic mass is 32.2. The zero-order valence-electron chi connectivity index (χ0n) is 17.1. The van der Waals surface area contributed by atoms with Gasteiger partial charge in [0.1, 0.15) is 6.04 Å². The fourth-order valence-corrected chi connectivity index (χ4v) is 5.83. The van der Waals surface area contributed by atoms with Crippen molar-refractivity contribution in [3.8, 4) is 11.4 Å². The van der Waals surface area contributed by atoms with Gasteiger partial charge in [0.25, 0.3) is 0 Å². The molecule has 0 aliphatic carbocycles. The van der Waals surface area contributed by atoms with Crippen LogP contribution in [0, 0.1) is 27.7 Å². The molecule has 1 atom stereocenters. The topological polar surface area (TPSA) is 76.3 Å². The van der Waals surface area contributed by atoms with E-state index in [9.17, 15) is 8.42 Å². The van der Waals surface area contributed by atoms with E-state index < -0.39 is 16.1 Å². The van der Waals surface area contributed by atoms with Gasteiger partial charge in [0.15, 0.2) is 0 Å². The lowest BCUT2D eigenvalue weighted by molar-refractivity contribution is 0.290. The summed E-state index contributed by atoms with van der Waals surface area (Å²) in [7, 11) is -3.66. The number of aromatic nitrogens is 2. The predicted octanol–water partition coefficient (Wildman–Crippen LogP) is 4.50. The van der Waals surface area contributed by atoms with Gasteiger partial charge in [-0.05, 0) is 69.4 Å². The average Bonchev–Trinajstić information content (AvgIpc) is 3.33. The quantitative estimate of drug-likeness (QED) is 0.632. The van der Waals surface area contributed by atoms with E-state index in [1.807, 2.05) is 58.0 Å². The van der Waals surface area contributed by atoms with Crippen LogP contribution < -0.4 is 0 Å². The SMILES string of the molecule is Cc1cccc(-c2noc(C3CCCN3S(=O)(=O)c3cc(C)c(C)cc3C)n2)c1. The smallest absolute Gasteiger partial charge is 0.245 e. The number of aryl methyl sites for hydroxylation is 4. The summed E-state index contributed by atoms with van der Waals surface area (Å²) in [5.41, 5.74) is 4.76. The van der Waals surface area contributed by atoms with Crippen LogP contribution in [0.25, 0.3) is 11.4 Å². The molecule has 1 aliphatic heterocycles. The molecule has 1 fully saturated rings. The highest BCUT2D eigenvalue weighted by Crippen LogP contribution is 2.37. The Morgan fingerprint density at radius 3 is 2.55 bits per heavy atom. The molecule has 2 aromatic carbocycles. The molecule has 1 aliphatic rings. The first-order valence-corrected chi connectivity index (χ1v) is 11.2. The van der Waals surface area contributed by atoms with Gasteiger partial charge in [-0.1, -0.05) is 35.0 Å². The Labute approximate surface area is 171 Å². The van der Waals surface area contributed by atoms with Crippen molar-refractivity contribution >= 4 is 10.0 Å². The molecule has 0 radical (unpaired) electrons. The third-order valence-electron chi connectivity index (χ3n) is 5.58. The maximum Gasteiger partial charge on any atom is 0.245 e. The lowest BCUT2D eigenvalue weighted by Gasteiger charge is -2.23. The monoisotopic (exact) mass is 411 g/mol. The maximum absolute atomic E-state index is 13.5. The largest absolute Gasteiger partial charge is 0.337 e. The Balaban J connectivity index is 1.69. The second-order valence-corrected chi connectivity index (χ2v) is 9.66. The van der Waals surface area contributed by atoms with Gasteiger partial charge in [-0.25, -0.2) is 8.42 Å². The fraction of sp³-hybridized carbons (Fsp3) is 0.364. The van der Waals surface area contributed by atoms with E-state index in [1.54, 1.807) is 6.07 Å². The van der Waals surface area contributed by atoms with Gasteiger partial charge in [0, 0.05) is 12.1 Å². The molecule has 0 spiro atoms. The van der Waals surface area contributed by atoms with E-state index in [4.69, 9.17) is 4.52 Å². The van der Waals surface area contributed by atoms with Gasteiger partial charge >= 0.3 is 0 Å². The second kappa shape index (κ2) is 7.39. The highest BCUT2D eigenvalue weighted by Gasteiger charge is 2.40. The van der Waals surface area contributed by atoms with Crippen LogP contribution in [0.1, 0.15) is 47.0 Å². The number of nitrogens with zero attached hydrogens (tertiary/aromatic N) is 3. The van der Waals surface area contributed by atoms with E-state index >= 15 is 0 Å². The molecule has 6 nitrogen and oxygen atoms in total. The number of sulfonamides is 1. The summed E-state index contributed by atoms with van der Waals surface area (Å²) >= 11 is 0. The van der Waals surface area contributed by atoms with E-state index in [2.05, 4.69) is 10.1 Å². The van der Waals surface area contributed by atoms with Crippen LogP contribution in [-0.2, 0) is 10.0 Å². The van der Waals surface area contributed by atoms with E-state index in [-0.39, 0.29) is 0 Å². The van der Waals surface area contributed by atoms with Crippen molar-refractivity contribution in [2.75, 3.05) is 6.54 Å². The van der Waals surface area contributed by atoms with E-state index in [1.165, 1.54) is 4.31 Å². The van der Waals surface area contributed by atoms with Crippen LogP contribution in [0.4, 0.5) is 0 Å². The summed E-state index contributed by atoms with van der Waals surface area (Å²) in [6, 6.07) is 11.1. The summed E-state index contributed by atoms with van der Waals surface area (Å²) < 4.78 is 33.9. The molecule has 4 rings (SSSR count). The van der Waals surface area contributed by atoms with Crippen molar-refractivity contribution in [2.24, 2.45) is 0 Å². The third kappa shape index (κ3) is 3.60. The van der Waals surface area contributed by atoms with Crippen molar-refractivity contribution < 1.29 is 12.9 Å². The zero-order chi connectivity index (χ0) is 20.8.